The van der Waals surface area contributed by atoms with E-state index in [1.165, 1.54) is 4.57 Å². The molecule has 160 valence electrons. The van der Waals surface area contributed by atoms with Crippen molar-refractivity contribution in [1.82, 2.24) is 14.9 Å². The van der Waals surface area contributed by atoms with Gasteiger partial charge in [-0.2, -0.15) is 0 Å². The van der Waals surface area contributed by atoms with E-state index in [1.807, 2.05) is 36.4 Å². The molecule has 1 amide bonds. The van der Waals surface area contributed by atoms with Crippen LogP contribution in [0, 0.1) is 4.77 Å². The summed E-state index contributed by atoms with van der Waals surface area (Å²) in [5, 5.41) is 3.52. The molecule has 0 aliphatic rings. The van der Waals surface area contributed by atoms with E-state index in [-0.39, 0.29) is 17.4 Å². The highest BCUT2D eigenvalue weighted by Crippen LogP contribution is 2.24. The highest BCUT2D eigenvalue weighted by molar-refractivity contribution is 7.71. The number of aromatic amines is 1. The predicted octanol–water partition coefficient (Wildman–Crippen LogP) is 4.81. The van der Waals surface area contributed by atoms with Crippen molar-refractivity contribution in [3.63, 3.8) is 0 Å². The van der Waals surface area contributed by atoms with Crippen LogP contribution in [0.1, 0.15) is 27.4 Å². The molecule has 4 rings (SSSR count). The number of fused-ring (bicyclic) bond motifs is 1. The second-order valence-corrected chi connectivity index (χ2v) is 7.87. The molecule has 0 saturated heterocycles. The predicted molar refractivity (Wildman–Crippen MR) is 131 cm³/mol. The lowest BCUT2D eigenvalue weighted by molar-refractivity contribution is 0.0952. The van der Waals surface area contributed by atoms with Crippen molar-refractivity contribution in [3.8, 4) is 0 Å². The van der Waals surface area contributed by atoms with Crippen LogP contribution in [0.2, 0.25) is 0 Å². The number of amides is 1. The van der Waals surface area contributed by atoms with E-state index < -0.39 is 0 Å². The molecule has 2 N–H and O–H groups in total. The average Bonchev–Trinajstić information content (AvgIpc) is 2.83. The molecule has 0 fully saturated rings. The lowest BCUT2D eigenvalue weighted by Crippen LogP contribution is -2.29. The molecule has 0 aliphatic carbocycles. The van der Waals surface area contributed by atoms with Gasteiger partial charge in [0.15, 0.2) is 4.77 Å². The zero-order chi connectivity index (χ0) is 22.5. The van der Waals surface area contributed by atoms with E-state index in [4.69, 9.17) is 12.2 Å². The summed E-state index contributed by atoms with van der Waals surface area (Å²) in [6, 6.07) is 25.2. The van der Waals surface area contributed by atoms with Gasteiger partial charge in [0, 0.05) is 24.6 Å². The SMILES string of the molecule is C=CCn1c(=S)[nH]c2cc(C(=O)NCC(c3ccccc3)c3ccccc3)ccc2c1=O. The molecule has 1 aromatic heterocycles. The molecule has 0 aliphatic heterocycles. The van der Waals surface area contributed by atoms with Crippen LogP contribution in [0.4, 0.5) is 0 Å². The lowest BCUT2D eigenvalue weighted by Gasteiger charge is -2.19. The number of allylic oxidation sites excluding steroid dienone is 1. The van der Waals surface area contributed by atoms with Crippen molar-refractivity contribution < 1.29 is 4.79 Å². The maximum absolute atomic E-state index is 12.9. The Kier molecular flexibility index (Phi) is 6.42. The van der Waals surface area contributed by atoms with E-state index in [2.05, 4.69) is 41.1 Å². The Hall–Kier alpha value is -3.77. The van der Waals surface area contributed by atoms with Gasteiger partial charge in [0.1, 0.15) is 0 Å². The minimum Gasteiger partial charge on any atom is -0.351 e. The number of hydrogen-bond acceptors (Lipinski definition) is 3. The molecule has 0 radical (unpaired) electrons. The lowest BCUT2D eigenvalue weighted by atomic mass is 9.91. The van der Waals surface area contributed by atoms with Gasteiger partial charge in [-0.15, -0.1) is 6.58 Å². The molecular weight excluding hydrogens is 418 g/mol. The van der Waals surface area contributed by atoms with Crippen LogP contribution in [0.15, 0.2) is 96.3 Å². The zero-order valence-corrected chi connectivity index (χ0v) is 18.3. The number of H-pyrrole nitrogens is 1. The molecule has 0 unspecified atom stereocenters. The Balaban J connectivity index is 1.60. The summed E-state index contributed by atoms with van der Waals surface area (Å²) in [5.74, 6) is -0.183. The normalized spacial score (nSPS) is 10.9. The molecule has 0 bridgehead atoms. The topological polar surface area (TPSA) is 66.9 Å². The van der Waals surface area contributed by atoms with Gasteiger partial charge in [-0.3, -0.25) is 14.2 Å². The van der Waals surface area contributed by atoms with Crippen LogP contribution >= 0.6 is 12.2 Å². The Labute approximate surface area is 191 Å². The third kappa shape index (κ3) is 4.45. The first-order valence-corrected chi connectivity index (χ1v) is 10.7. The summed E-state index contributed by atoms with van der Waals surface area (Å²) in [7, 11) is 0. The fraction of sp³-hybridized carbons (Fsp3) is 0.115. The van der Waals surface area contributed by atoms with Gasteiger partial charge in [0.25, 0.3) is 11.5 Å². The van der Waals surface area contributed by atoms with Gasteiger partial charge in [-0.25, -0.2) is 0 Å². The molecule has 32 heavy (non-hydrogen) atoms. The second-order valence-electron chi connectivity index (χ2n) is 7.48. The standard InChI is InChI=1S/C26H23N3O2S/c1-2-15-29-25(31)21-14-13-20(16-23(21)28-26(29)32)24(30)27-17-22(18-9-5-3-6-10-18)19-11-7-4-8-12-19/h2-14,16,22H,1,15,17H2,(H,27,30)(H,28,32). The first kappa shape index (κ1) is 21.5. The summed E-state index contributed by atoms with van der Waals surface area (Å²) < 4.78 is 1.74. The molecule has 3 aromatic carbocycles. The average molecular weight is 442 g/mol. The Morgan fingerprint density at radius 3 is 2.25 bits per heavy atom. The maximum Gasteiger partial charge on any atom is 0.262 e. The minimum absolute atomic E-state index is 0.0266. The van der Waals surface area contributed by atoms with Gasteiger partial charge < -0.3 is 10.3 Å². The molecule has 1 heterocycles. The van der Waals surface area contributed by atoms with Gasteiger partial charge in [0.05, 0.1) is 10.9 Å². The molecule has 6 heteroatoms. The highest BCUT2D eigenvalue weighted by Gasteiger charge is 2.16. The van der Waals surface area contributed by atoms with Crippen LogP contribution < -0.4 is 10.9 Å². The van der Waals surface area contributed by atoms with Crippen molar-refractivity contribution >= 4 is 29.0 Å². The molecular formula is C26H23N3O2S. The first-order valence-electron chi connectivity index (χ1n) is 10.3. The van der Waals surface area contributed by atoms with Crippen molar-refractivity contribution in [2.45, 2.75) is 12.5 Å². The molecule has 4 aromatic rings. The molecule has 5 nitrogen and oxygen atoms in total. The number of rotatable bonds is 7. The van der Waals surface area contributed by atoms with Crippen molar-refractivity contribution in [2.24, 2.45) is 0 Å². The Bertz CT molecular complexity index is 1340. The van der Waals surface area contributed by atoms with Crippen LogP contribution in [-0.4, -0.2) is 22.0 Å². The number of carbonyl (C=O) groups is 1. The first-order chi connectivity index (χ1) is 15.6. The summed E-state index contributed by atoms with van der Waals surface area (Å²) in [4.78, 5) is 28.7. The van der Waals surface area contributed by atoms with Crippen molar-refractivity contribution in [3.05, 3.63) is 123 Å². The third-order valence-corrected chi connectivity index (χ3v) is 5.75. The van der Waals surface area contributed by atoms with Crippen LogP contribution in [-0.2, 0) is 6.54 Å². The summed E-state index contributed by atoms with van der Waals surface area (Å²) in [6.07, 6.45) is 1.62. The highest BCUT2D eigenvalue weighted by atomic mass is 32.1. The van der Waals surface area contributed by atoms with Gasteiger partial charge >= 0.3 is 0 Å². The van der Waals surface area contributed by atoms with Crippen LogP contribution in [0.3, 0.4) is 0 Å². The zero-order valence-electron chi connectivity index (χ0n) is 17.5. The number of aromatic nitrogens is 2. The maximum atomic E-state index is 12.9. The summed E-state index contributed by atoms with van der Waals surface area (Å²) >= 11 is 5.29. The second kappa shape index (κ2) is 9.58. The monoisotopic (exact) mass is 441 g/mol. The smallest absolute Gasteiger partial charge is 0.262 e. The van der Waals surface area contributed by atoms with Crippen LogP contribution in [0.25, 0.3) is 10.9 Å². The van der Waals surface area contributed by atoms with Gasteiger partial charge in [-0.1, -0.05) is 66.7 Å². The van der Waals surface area contributed by atoms with E-state index >= 15 is 0 Å². The number of carbonyl (C=O) groups excluding carboxylic acids is 1. The van der Waals surface area contributed by atoms with E-state index in [0.29, 0.717) is 34.3 Å². The van der Waals surface area contributed by atoms with E-state index in [1.54, 1.807) is 24.3 Å². The quantitative estimate of drug-likeness (QED) is 0.320. The van der Waals surface area contributed by atoms with Crippen molar-refractivity contribution in [2.75, 3.05) is 6.54 Å². The number of nitrogens with zero attached hydrogens (tertiary/aromatic N) is 1. The van der Waals surface area contributed by atoms with E-state index in [0.717, 1.165) is 11.1 Å². The largest absolute Gasteiger partial charge is 0.351 e. The molecule has 0 saturated carbocycles. The number of benzene rings is 3. The van der Waals surface area contributed by atoms with Gasteiger partial charge in [0.2, 0.25) is 0 Å². The fourth-order valence-electron chi connectivity index (χ4n) is 3.79. The van der Waals surface area contributed by atoms with E-state index in [9.17, 15) is 9.59 Å². The minimum atomic E-state index is -0.210. The Morgan fingerprint density at radius 1 is 1.03 bits per heavy atom. The number of nitrogens with one attached hydrogen (secondary N) is 2. The summed E-state index contributed by atoms with van der Waals surface area (Å²) in [6.45, 7) is 4.43. The molecule has 0 atom stereocenters. The summed E-state index contributed by atoms with van der Waals surface area (Å²) in [5.41, 5.74) is 3.05. The van der Waals surface area contributed by atoms with Crippen molar-refractivity contribution in [1.29, 1.82) is 0 Å². The number of hydrogen-bond donors (Lipinski definition) is 2. The Morgan fingerprint density at radius 2 is 1.66 bits per heavy atom. The third-order valence-electron chi connectivity index (χ3n) is 5.43. The molecule has 0 spiro atoms. The fourth-order valence-corrected chi connectivity index (χ4v) is 4.05. The van der Waals surface area contributed by atoms with Crippen LogP contribution in [0.5, 0.6) is 0 Å². The van der Waals surface area contributed by atoms with Gasteiger partial charge in [-0.05, 0) is 41.5 Å².